The van der Waals surface area contributed by atoms with E-state index in [0.717, 1.165) is 5.56 Å². The van der Waals surface area contributed by atoms with Gasteiger partial charge in [0.15, 0.2) is 0 Å². The Balaban J connectivity index is 2.20. The Morgan fingerprint density at radius 3 is 2.31 bits per heavy atom. The number of anilines is 2. The highest BCUT2D eigenvalue weighted by Crippen LogP contribution is 2.29. The van der Waals surface area contributed by atoms with E-state index in [0.29, 0.717) is 27.9 Å². The highest BCUT2D eigenvalue weighted by Gasteiger charge is 2.18. The van der Waals surface area contributed by atoms with Gasteiger partial charge in [-0.3, -0.25) is 9.59 Å². The Labute approximate surface area is 157 Å². The van der Waals surface area contributed by atoms with Crippen LogP contribution in [-0.4, -0.2) is 32.6 Å². The van der Waals surface area contributed by atoms with Crippen LogP contribution in [0.25, 0.3) is 0 Å². The molecule has 0 saturated carbocycles. The molecule has 2 aromatic rings. The fraction of sp³-hybridized carbons (Fsp3) is 0.263. The van der Waals surface area contributed by atoms with Crippen LogP contribution < -0.4 is 19.7 Å². The second-order valence-corrected chi connectivity index (χ2v) is 6.08. The number of nitrogens with one attached hydrogen (secondary N) is 1. The Morgan fingerprint density at radius 1 is 1.08 bits per heavy atom. The van der Waals surface area contributed by atoms with Crippen LogP contribution in [-0.2, 0) is 9.59 Å². The average Bonchev–Trinajstić information content (AvgIpc) is 2.59. The number of rotatable bonds is 6. The van der Waals surface area contributed by atoms with E-state index in [2.05, 4.69) is 5.32 Å². The fourth-order valence-corrected chi connectivity index (χ4v) is 2.71. The summed E-state index contributed by atoms with van der Waals surface area (Å²) >= 11 is 6.12. The van der Waals surface area contributed by atoms with Crippen molar-refractivity contribution in [2.45, 2.75) is 13.8 Å². The monoisotopic (exact) mass is 376 g/mol. The predicted octanol–water partition coefficient (Wildman–Crippen LogP) is 3.66. The summed E-state index contributed by atoms with van der Waals surface area (Å²) in [6, 6.07) is 10.4. The first-order valence-corrected chi connectivity index (χ1v) is 8.29. The van der Waals surface area contributed by atoms with E-state index in [4.69, 9.17) is 21.1 Å². The maximum atomic E-state index is 12.5. The smallest absolute Gasteiger partial charge is 0.244 e. The standard InChI is InChI=1S/C19H21ClN2O4/c1-12-5-7-18(26-4)16(9-12)21-19(24)11-22(13(2)23)14-6-8-17(25-3)15(20)10-14/h5-10H,11H2,1-4H3,(H,21,24). The van der Waals surface area contributed by atoms with Gasteiger partial charge in [0.1, 0.15) is 18.0 Å². The topological polar surface area (TPSA) is 67.9 Å². The summed E-state index contributed by atoms with van der Waals surface area (Å²) in [5, 5.41) is 3.14. The van der Waals surface area contributed by atoms with E-state index < -0.39 is 0 Å². The molecule has 2 aromatic carbocycles. The highest BCUT2D eigenvalue weighted by molar-refractivity contribution is 6.32. The zero-order valence-corrected chi connectivity index (χ0v) is 15.9. The molecule has 0 aliphatic heterocycles. The molecule has 0 aliphatic carbocycles. The largest absolute Gasteiger partial charge is 0.495 e. The van der Waals surface area contributed by atoms with E-state index in [-0.39, 0.29) is 18.4 Å². The van der Waals surface area contributed by atoms with Gasteiger partial charge in [-0.2, -0.15) is 0 Å². The predicted molar refractivity (Wildman–Crippen MR) is 102 cm³/mol. The van der Waals surface area contributed by atoms with Crippen molar-refractivity contribution in [1.82, 2.24) is 0 Å². The Kier molecular flexibility index (Phi) is 6.46. The van der Waals surface area contributed by atoms with Gasteiger partial charge in [-0.1, -0.05) is 17.7 Å². The molecule has 0 radical (unpaired) electrons. The quantitative estimate of drug-likeness (QED) is 0.835. The molecule has 0 heterocycles. The Morgan fingerprint density at radius 2 is 1.73 bits per heavy atom. The van der Waals surface area contributed by atoms with Crippen LogP contribution in [0.2, 0.25) is 5.02 Å². The van der Waals surface area contributed by atoms with Crippen molar-refractivity contribution in [3.63, 3.8) is 0 Å². The molecule has 2 amide bonds. The summed E-state index contributed by atoms with van der Waals surface area (Å²) in [6.07, 6.45) is 0. The minimum Gasteiger partial charge on any atom is -0.495 e. The van der Waals surface area contributed by atoms with E-state index in [1.165, 1.54) is 26.0 Å². The molecule has 2 rings (SSSR count). The van der Waals surface area contributed by atoms with Crippen LogP contribution in [0.5, 0.6) is 11.5 Å². The average molecular weight is 377 g/mol. The lowest BCUT2D eigenvalue weighted by Crippen LogP contribution is -2.36. The van der Waals surface area contributed by atoms with Gasteiger partial charge in [-0.25, -0.2) is 0 Å². The molecule has 6 nitrogen and oxygen atoms in total. The molecule has 138 valence electrons. The Hall–Kier alpha value is -2.73. The number of hydrogen-bond donors (Lipinski definition) is 1. The maximum Gasteiger partial charge on any atom is 0.244 e. The van der Waals surface area contributed by atoms with Gasteiger partial charge in [0, 0.05) is 12.6 Å². The molecule has 0 saturated heterocycles. The Bertz CT molecular complexity index is 823. The summed E-state index contributed by atoms with van der Waals surface area (Å²) in [5.41, 5.74) is 2.04. The molecule has 1 N–H and O–H groups in total. The first kappa shape index (κ1) is 19.6. The van der Waals surface area contributed by atoms with Gasteiger partial charge in [0.2, 0.25) is 11.8 Å². The van der Waals surface area contributed by atoms with Crippen LogP contribution in [0, 0.1) is 6.92 Å². The van der Waals surface area contributed by atoms with Crippen molar-refractivity contribution >= 4 is 34.8 Å². The summed E-state index contributed by atoms with van der Waals surface area (Å²) in [5.74, 6) is 0.410. The van der Waals surface area contributed by atoms with E-state index in [1.807, 2.05) is 13.0 Å². The number of carbonyl (C=O) groups is 2. The van der Waals surface area contributed by atoms with Gasteiger partial charge >= 0.3 is 0 Å². The van der Waals surface area contributed by atoms with Crippen molar-refractivity contribution in [1.29, 1.82) is 0 Å². The molecule has 7 heteroatoms. The zero-order valence-electron chi connectivity index (χ0n) is 15.1. The lowest BCUT2D eigenvalue weighted by Gasteiger charge is -2.22. The molecular formula is C19H21ClN2O4. The van der Waals surface area contributed by atoms with Crippen molar-refractivity contribution in [2.24, 2.45) is 0 Å². The van der Waals surface area contributed by atoms with Crippen LogP contribution in [0.1, 0.15) is 12.5 Å². The first-order valence-electron chi connectivity index (χ1n) is 7.92. The fourth-order valence-electron chi connectivity index (χ4n) is 2.46. The van der Waals surface area contributed by atoms with Crippen LogP contribution in [0.3, 0.4) is 0 Å². The van der Waals surface area contributed by atoms with Gasteiger partial charge in [-0.15, -0.1) is 0 Å². The molecule has 0 atom stereocenters. The molecule has 0 unspecified atom stereocenters. The summed E-state index contributed by atoms with van der Waals surface area (Å²) < 4.78 is 10.4. The summed E-state index contributed by atoms with van der Waals surface area (Å²) in [4.78, 5) is 25.8. The number of aryl methyl sites for hydroxylation is 1. The minimum absolute atomic E-state index is 0.158. The lowest BCUT2D eigenvalue weighted by atomic mass is 10.2. The molecule has 0 bridgehead atoms. The summed E-state index contributed by atoms with van der Waals surface area (Å²) in [6.45, 7) is 3.14. The van der Waals surface area contributed by atoms with Crippen LogP contribution in [0.15, 0.2) is 36.4 Å². The number of amides is 2. The van der Waals surface area contributed by atoms with Crippen molar-refractivity contribution in [3.8, 4) is 11.5 Å². The highest BCUT2D eigenvalue weighted by atomic mass is 35.5. The number of hydrogen-bond acceptors (Lipinski definition) is 4. The van der Waals surface area contributed by atoms with Crippen LogP contribution in [0.4, 0.5) is 11.4 Å². The van der Waals surface area contributed by atoms with E-state index >= 15 is 0 Å². The van der Waals surface area contributed by atoms with Gasteiger partial charge < -0.3 is 19.7 Å². The van der Waals surface area contributed by atoms with E-state index in [9.17, 15) is 9.59 Å². The first-order chi connectivity index (χ1) is 12.3. The minimum atomic E-state index is -0.351. The number of methoxy groups -OCH3 is 2. The molecule has 26 heavy (non-hydrogen) atoms. The second-order valence-electron chi connectivity index (χ2n) is 5.68. The lowest BCUT2D eigenvalue weighted by molar-refractivity contribution is -0.120. The third-order valence-electron chi connectivity index (χ3n) is 3.76. The molecule has 0 aromatic heterocycles. The van der Waals surface area contributed by atoms with Crippen LogP contribution >= 0.6 is 11.6 Å². The second kappa shape index (κ2) is 8.58. The third-order valence-corrected chi connectivity index (χ3v) is 4.05. The van der Waals surface area contributed by atoms with Gasteiger partial charge in [0.05, 0.1) is 24.9 Å². The number of benzene rings is 2. The number of nitrogens with zero attached hydrogens (tertiary/aromatic N) is 1. The molecule has 0 spiro atoms. The zero-order chi connectivity index (χ0) is 19.3. The van der Waals surface area contributed by atoms with Crippen molar-refractivity contribution in [3.05, 3.63) is 47.0 Å². The number of carbonyl (C=O) groups excluding carboxylic acids is 2. The third kappa shape index (κ3) is 4.67. The van der Waals surface area contributed by atoms with Crippen molar-refractivity contribution in [2.75, 3.05) is 31.0 Å². The van der Waals surface area contributed by atoms with Gasteiger partial charge in [-0.05, 0) is 42.8 Å². The molecule has 0 aliphatic rings. The number of halogens is 1. The van der Waals surface area contributed by atoms with Gasteiger partial charge in [0.25, 0.3) is 0 Å². The van der Waals surface area contributed by atoms with Crippen molar-refractivity contribution < 1.29 is 19.1 Å². The maximum absolute atomic E-state index is 12.5. The SMILES string of the molecule is COc1ccc(N(CC(=O)Nc2cc(C)ccc2OC)C(C)=O)cc1Cl. The van der Waals surface area contributed by atoms with E-state index in [1.54, 1.807) is 30.3 Å². The number of ether oxygens (including phenoxy) is 2. The molecule has 0 fully saturated rings. The summed E-state index contributed by atoms with van der Waals surface area (Å²) in [7, 11) is 3.04. The molecular weight excluding hydrogens is 356 g/mol. The normalized spacial score (nSPS) is 10.2.